The lowest BCUT2D eigenvalue weighted by Gasteiger charge is -2.34. The summed E-state index contributed by atoms with van der Waals surface area (Å²) in [6.07, 6.45) is 6.88. The molecule has 1 amide bonds. The van der Waals surface area contributed by atoms with Crippen molar-refractivity contribution in [3.05, 3.63) is 77.9 Å². The second kappa shape index (κ2) is 11.1. The van der Waals surface area contributed by atoms with Crippen molar-refractivity contribution in [2.75, 3.05) is 19.4 Å². The molecular formula is C31H36N4O2. The molecule has 0 aliphatic heterocycles. The van der Waals surface area contributed by atoms with Gasteiger partial charge < -0.3 is 19.9 Å². The maximum atomic E-state index is 13.6. The quantitative estimate of drug-likeness (QED) is 0.301. The second-order valence-corrected chi connectivity index (χ2v) is 9.95. The Kier molecular flexibility index (Phi) is 7.45. The van der Waals surface area contributed by atoms with Crippen LogP contribution in [0.15, 0.2) is 66.7 Å². The number of rotatable bonds is 8. The molecule has 0 saturated heterocycles. The molecule has 1 aromatic heterocycles. The highest BCUT2D eigenvalue weighted by molar-refractivity contribution is 5.94. The molecule has 4 aromatic rings. The van der Waals surface area contributed by atoms with Gasteiger partial charge in [-0.2, -0.15) is 0 Å². The standard InChI is InChI=1S/C31H36N4O2/c1-3-18-34(25-12-5-4-6-13-25)30(36)24-11-9-10-22(19-24)21-35-28-20-23(16-17-27(28)33-31(35)32)26-14-7-8-15-29(26)37-2/h7-11,14-17,19-20,25H,3-6,12-13,18,21H2,1-2H3,(H2,32,33). The summed E-state index contributed by atoms with van der Waals surface area (Å²) in [6, 6.07) is 22.5. The van der Waals surface area contributed by atoms with E-state index in [1.807, 2.05) is 59.2 Å². The number of aromatic nitrogens is 2. The number of hydrogen-bond donors (Lipinski definition) is 1. The molecule has 1 fully saturated rings. The molecule has 1 heterocycles. The van der Waals surface area contributed by atoms with Crippen molar-refractivity contribution in [1.29, 1.82) is 0 Å². The van der Waals surface area contributed by atoms with Gasteiger partial charge in [0.25, 0.3) is 5.91 Å². The first-order valence-corrected chi connectivity index (χ1v) is 13.4. The number of imidazole rings is 1. The fourth-order valence-corrected chi connectivity index (χ4v) is 5.59. The van der Waals surface area contributed by atoms with E-state index in [1.54, 1.807) is 7.11 Å². The Morgan fingerprint density at radius 1 is 1.05 bits per heavy atom. The van der Waals surface area contributed by atoms with Crippen molar-refractivity contribution in [1.82, 2.24) is 14.5 Å². The number of fused-ring (bicyclic) bond motifs is 1. The normalized spacial score (nSPS) is 14.1. The monoisotopic (exact) mass is 496 g/mol. The van der Waals surface area contributed by atoms with E-state index in [0.717, 1.165) is 64.8 Å². The number of anilines is 1. The highest BCUT2D eigenvalue weighted by Crippen LogP contribution is 2.32. The van der Waals surface area contributed by atoms with Crippen LogP contribution in [0.3, 0.4) is 0 Å². The fraction of sp³-hybridized carbons (Fsp3) is 0.355. The number of benzene rings is 3. The number of carbonyl (C=O) groups is 1. The van der Waals surface area contributed by atoms with Crippen LogP contribution in [0.1, 0.15) is 61.4 Å². The third-order valence-corrected chi connectivity index (χ3v) is 7.45. The summed E-state index contributed by atoms with van der Waals surface area (Å²) < 4.78 is 7.59. The van der Waals surface area contributed by atoms with E-state index >= 15 is 0 Å². The number of methoxy groups -OCH3 is 1. The van der Waals surface area contributed by atoms with E-state index in [-0.39, 0.29) is 5.91 Å². The fourth-order valence-electron chi connectivity index (χ4n) is 5.59. The van der Waals surface area contributed by atoms with E-state index in [4.69, 9.17) is 10.5 Å². The van der Waals surface area contributed by atoms with E-state index in [1.165, 1.54) is 19.3 Å². The van der Waals surface area contributed by atoms with Crippen LogP contribution in [0, 0.1) is 0 Å². The van der Waals surface area contributed by atoms with Crippen LogP contribution in [0.4, 0.5) is 5.95 Å². The predicted molar refractivity (Wildman–Crippen MR) is 150 cm³/mol. The first-order valence-electron chi connectivity index (χ1n) is 13.4. The predicted octanol–water partition coefficient (Wildman–Crippen LogP) is 6.53. The molecule has 0 atom stereocenters. The van der Waals surface area contributed by atoms with Crippen molar-refractivity contribution in [2.45, 2.75) is 58.0 Å². The van der Waals surface area contributed by atoms with E-state index in [2.05, 4.69) is 28.9 Å². The zero-order chi connectivity index (χ0) is 25.8. The van der Waals surface area contributed by atoms with Gasteiger partial charge in [-0.3, -0.25) is 4.79 Å². The van der Waals surface area contributed by atoms with Gasteiger partial charge in [-0.25, -0.2) is 4.98 Å². The average Bonchev–Trinajstić information content (AvgIpc) is 3.25. The summed E-state index contributed by atoms with van der Waals surface area (Å²) in [5.74, 6) is 1.41. The Hall–Kier alpha value is -3.80. The number of hydrogen-bond acceptors (Lipinski definition) is 4. The summed E-state index contributed by atoms with van der Waals surface area (Å²) in [4.78, 5) is 20.3. The molecule has 0 radical (unpaired) electrons. The highest BCUT2D eigenvalue weighted by atomic mass is 16.5. The van der Waals surface area contributed by atoms with Crippen LogP contribution in [0.2, 0.25) is 0 Å². The smallest absolute Gasteiger partial charge is 0.254 e. The number of nitrogens with zero attached hydrogens (tertiary/aromatic N) is 3. The number of ether oxygens (including phenoxy) is 1. The van der Waals surface area contributed by atoms with Crippen molar-refractivity contribution in [3.63, 3.8) is 0 Å². The molecule has 37 heavy (non-hydrogen) atoms. The third kappa shape index (κ3) is 5.19. The SMILES string of the molecule is CCCN(C(=O)c1cccc(Cn2c(N)nc3ccc(-c4ccccc4OC)cc32)c1)C1CCCCC1. The van der Waals surface area contributed by atoms with Crippen LogP contribution in [-0.4, -0.2) is 40.1 Å². The van der Waals surface area contributed by atoms with Crippen molar-refractivity contribution in [2.24, 2.45) is 0 Å². The van der Waals surface area contributed by atoms with E-state index in [9.17, 15) is 4.79 Å². The molecule has 6 heteroatoms. The lowest BCUT2D eigenvalue weighted by Crippen LogP contribution is -2.42. The van der Waals surface area contributed by atoms with Crippen molar-refractivity contribution in [3.8, 4) is 16.9 Å². The summed E-state index contributed by atoms with van der Waals surface area (Å²) in [6.45, 7) is 3.49. The topological polar surface area (TPSA) is 73.4 Å². The largest absolute Gasteiger partial charge is 0.496 e. The maximum Gasteiger partial charge on any atom is 0.254 e. The van der Waals surface area contributed by atoms with Gasteiger partial charge in [0, 0.05) is 23.7 Å². The van der Waals surface area contributed by atoms with Crippen LogP contribution in [0.25, 0.3) is 22.2 Å². The first kappa shape index (κ1) is 24.9. The van der Waals surface area contributed by atoms with E-state index in [0.29, 0.717) is 18.5 Å². The Morgan fingerprint density at radius 2 is 1.86 bits per heavy atom. The Bertz CT molecular complexity index is 1390. The Labute approximate surface area is 219 Å². The Morgan fingerprint density at radius 3 is 2.65 bits per heavy atom. The van der Waals surface area contributed by atoms with E-state index < -0.39 is 0 Å². The van der Waals surface area contributed by atoms with Gasteiger partial charge in [0.05, 0.1) is 24.7 Å². The number of nitrogens with two attached hydrogens (primary N) is 1. The van der Waals surface area contributed by atoms with Gasteiger partial charge in [-0.05, 0) is 60.7 Å². The summed E-state index contributed by atoms with van der Waals surface area (Å²) in [5.41, 5.74) is 12.0. The molecule has 0 unspecified atom stereocenters. The summed E-state index contributed by atoms with van der Waals surface area (Å²) in [7, 11) is 1.68. The van der Waals surface area contributed by atoms with Crippen LogP contribution >= 0.6 is 0 Å². The molecule has 1 aliphatic rings. The molecule has 2 N–H and O–H groups in total. The Balaban J connectivity index is 1.45. The number of nitrogen functional groups attached to an aromatic ring is 1. The summed E-state index contributed by atoms with van der Waals surface area (Å²) in [5, 5.41) is 0. The maximum absolute atomic E-state index is 13.6. The average molecular weight is 497 g/mol. The van der Waals surface area contributed by atoms with Crippen LogP contribution in [0.5, 0.6) is 5.75 Å². The van der Waals surface area contributed by atoms with Crippen molar-refractivity contribution >= 4 is 22.9 Å². The van der Waals surface area contributed by atoms with Gasteiger partial charge >= 0.3 is 0 Å². The van der Waals surface area contributed by atoms with Gasteiger partial charge in [-0.15, -0.1) is 0 Å². The van der Waals surface area contributed by atoms with Gasteiger partial charge in [-0.1, -0.05) is 62.6 Å². The lowest BCUT2D eigenvalue weighted by atomic mass is 9.93. The third-order valence-electron chi connectivity index (χ3n) is 7.45. The minimum absolute atomic E-state index is 0.137. The number of carbonyl (C=O) groups excluding carboxylic acids is 1. The molecule has 6 nitrogen and oxygen atoms in total. The highest BCUT2D eigenvalue weighted by Gasteiger charge is 2.25. The molecule has 3 aromatic carbocycles. The van der Waals surface area contributed by atoms with Crippen molar-refractivity contribution < 1.29 is 9.53 Å². The zero-order valence-corrected chi connectivity index (χ0v) is 21.8. The zero-order valence-electron chi connectivity index (χ0n) is 21.8. The molecule has 1 saturated carbocycles. The minimum Gasteiger partial charge on any atom is -0.496 e. The first-order chi connectivity index (χ1) is 18.1. The molecule has 192 valence electrons. The molecule has 5 rings (SSSR count). The number of para-hydroxylation sites is 1. The van der Waals surface area contributed by atoms with Gasteiger partial charge in [0.15, 0.2) is 0 Å². The van der Waals surface area contributed by atoms with Crippen LogP contribution < -0.4 is 10.5 Å². The summed E-state index contributed by atoms with van der Waals surface area (Å²) >= 11 is 0. The van der Waals surface area contributed by atoms with Gasteiger partial charge in [0.2, 0.25) is 5.95 Å². The van der Waals surface area contributed by atoms with Crippen LogP contribution in [-0.2, 0) is 6.54 Å². The second-order valence-electron chi connectivity index (χ2n) is 9.95. The lowest BCUT2D eigenvalue weighted by molar-refractivity contribution is 0.0634. The number of amides is 1. The minimum atomic E-state index is 0.137. The molecular weight excluding hydrogens is 460 g/mol. The molecule has 1 aliphatic carbocycles. The molecule has 0 bridgehead atoms. The van der Waals surface area contributed by atoms with Gasteiger partial charge in [0.1, 0.15) is 5.75 Å². The molecule has 0 spiro atoms.